The van der Waals surface area contributed by atoms with E-state index in [1.54, 1.807) is 6.26 Å². The highest BCUT2D eigenvalue weighted by atomic mass is 16.4. The molecule has 0 radical (unpaired) electrons. The van der Waals surface area contributed by atoms with Gasteiger partial charge in [-0.3, -0.25) is 4.79 Å². The Balaban J connectivity index is 2.30. The average Bonchev–Trinajstić information content (AvgIpc) is 2.85. The maximum atomic E-state index is 12.4. The summed E-state index contributed by atoms with van der Waals surface area (Å²) >= 11 is 0. The van der Waals surface area contributed by atoms with Gasteiger partial charge in [-0.1, -0.05) is 12.1 Å². The first kappa shape index (κ1) is 16.1. The maximum Gasteiger partial charge on any atom is 0.329 e. The summed E-state index contributed by atoms with van der Waals surface area (Å²) in [6.45, 7) is 7.00. The number of carboxylic acid groups (broad SMARTS) is 1. The monoisotopic (exact) mass is 303 g/mol. The lowest BCUT2D eigenvalue weighted by molar-refractivity contribution is -0.155. The van der Waals surface area contributed by atoms with Crippen LogP contribution in [0.2, 0.25) is 0 Å². The van der Waals surface area contributed by atoms with Gasteiger partial charge in [0.25, 0.3) is 0 Å². The van der Waals surface area contributed by atoms with E-state index in [0.717, 1.165) is 27.7 Å². The first-order valence-electron chi connectivity index (χ1n) is 7.12. The number of carbonyl (C=O) groups excluding carboxylic acids is 1. The summed E-state index contributed by atoms with van der Waals surface area (Å²) in [6, 6.07) is 3.93. The minimum absolute atomic E-state index is 0.114. The molecule has 0 aliphatic carbocycles. The van der Waals surface area contributed by atoms with Crippen LogP contribution in [0.1, 0.15) is 30.5 Å². The first-order chi connectivity index (χ1) is 10.2. The van der Waals surface area contributed by atoms with E-state index >= 15 is 0 Å². The van der Waals surface area contributed by atoms with E-state index in [1.807, 2.05) is 26.0 Å². The highest BCUT2D eigenvalue weighted by Crippen LogP contribution is 2.27. The molecule has 0 aliphatic rings. The number of carbonyl (C=O) groups is 2. The van der Waals surface area contributed by atoms with Gasteiger partial charge in [0.2, 0.25) is 5.91 Å². The van der Waals surface area contributed by atoms with Gasteiger partial charge >= 0.3 is 5.97 Å². The van der Waals surface area contributed by atoms with Crippen LogP contribution in [0.15, 0.2) is 22.8 Å². The Labute approximate surface area is 129 Å². The van der Waals surface area contributed by atoms with Crippen LogP contribution >= 0.6 is 0 Å². The molecule has 22 heavy (non-hydrogen) atoms. The van der Waals surface area contributed by atoms with Crippen LogP contribution in [0.5, 0.6) is 0 Å². The number of hydrogen-bond acceptors (Lipinski definition) is 3. The summed E-state index contributed by atoms with van der Waals surface area (Å²) in [4.78, 5) is 24.9. The van der Waals surface area contributed by atoms with Crippen LogP contribution in [0.25, 0.3) is 11.0 Å². The van der Waals surface area contributed by atoms with Crippen molar-refractivity contribution in [3.63, 3.8) is 0 Å². The number of likely N-dealkylation sites (N-methyl/N-ethyl adjacent to an activating group) is 1. The molecule has 0 aliphatic heterocycles. The van der Waals surface area contributed by atoms with E-state index < -0.39 is 11.5 Å². The number of nitrogens with zero attached hydrogens (tertiary/aromatic N) is 1. The van der Waals surface area contributed by atoms with Crippen LogP contribution in [0.3, 0.4) is 0 Å². The maximum absolute atomic E-state index is 12.4. The Kier molecular flexibility index (Phi) is 4.00. The normalized spacial score (nSPS) is 11.7. The van der Waals surface area contributed by atoms with Gasteiger partial charge in [0.1, 0.15) is 11.1 Å². The van der Waals surface area contributed by atoms with Crippen LogP contribution < -0.4 is 0 Å². The number of carboxylic acids is 1. The van der Waals surface area contributed by atoms with E-state index in [0.29, 0.717) is 0 Å². The number of fused-ring (bicyclic) bond motifs is 1. The molecule has 1 N–H and O–H groups in total. The van der Waals surface area contributed by atoms with Gasteiger partial charge in [0.05, 0.1) is 12.7 Å². The molecule has 0 atom stereocenters. The van der Waals surface area contributed by atoms with Crippen LogP contribution in [-0.2, 0) is 16.0 Å². The molecule has 0 unspecified atom stereocenters. The fraction of sp³-hybridized carbons (Fsp3) is 0.412. The van der Waals surface area contributed by atoms with Crippen molar-refractivity contribution in [3.8, 4) is 0 Å². The SMILES string of the molecule is Cc1ccc2c(CC(=O)N(C)C(C)(C)C(=O)O)coc2c1C. The van der Waals surface area contributed by atoms with Gasteiger partial charge in [-0.15, -0.1) is 0 Å². The Morgan fingerprint density at radius 1 is 1.27 bits per heavy atom. The molecule has 1 heterocycles. The zero-order valence-electron chi connectivity index (χ0n) is 13.6. The Bertz CT molecular complexity index is 742. The molecule has 2 rings (SSSR count). The number of furan rings is 1. The minimum atomic E-state index is -1.25. The van der Waals surface area contributed by atoms with Crippen molar-refractivity contribution in [1.82, 2.24) is 4.90 Å². The standard InChI is InChI=1S/C17H21NO4/c1-10-6-7-13-12(9-22-15(13)11(10)2)8-14(19)18(5)17(3,4)16(20)21/h6-7,9H,8H2,1-5H3,(H,20,21). The highest BCUT2D eigenvalue weighted by molar-refractivity contribution is 5.91. The van der Waals surface area contributed by atoms with Crippen molar-refractivity contribution in [2.45, 2.75) is 39.7 Å². The topological polar surface area (TPSA) is 70.8 Å². The predicted octanol–water partition coefficient (Wildman–Crippen LogP) is 2.91. The second-order valence-corrected chi connectivity index (χ2v) is 6.14. The van der Waals surface area contributed by atoms with Gasteiger partial charge in [-0.05, 0) is 38.8 Å². The lowest BCUT2D eigenvalue weighted by Gasteiger charge is -2.31. The molecule has 1 amide bonds. The molecule has 0 fully saturated rings. The third-order valence-corrected chi connectivity index (χ3v) is 4.42. The molecule has 0 saturated carbocycles. The molecular formula is C17H21NO4. The van der Waals surface area contributed by atoms with Crippen molar-refractivity contribution in [3.05, 3.63) is 35.1 Å². The number of aliphatic carboxylic acids is 1. The summed E-state index contributed by atoms with van der Waals surface area (Å²) in [5, 5.41) is 10.1. The van der Waals surface area contributed by atoms with Crippen molar-refractivity contribution in [1.29, 1.82) is 0 Å². The highest BCUT2D eigenvalue weighted by Gasteiger charge is 2.35. The van der Waals surface area contributed by atoms with Gasteiger partial charge in [0.15, 0.2) is 0 Å². The van der Waals surface area contributed by atoms with E-state index in [4.69, 9.17) is 4.42 Å². The van der Waals surface area contributed by atoms with E-state index in [9.17, 15) is 14.7 Å². The quantitative estimate of drug-likeness (QED) is 0.942. The van der Waals surface area contributed by atoms with Gasteiger partial charge in [-0.25, -0.2) is 4.79 Å². The fourth-order valence-electron chi connectivity index (χ4n) is 2.26. The molecule has 5 heteroatoms. The zero-order chi connectivity index (χ0) is 16.7. The van der Waals surface area contributed by atoms with Crippen molar-refractivity contribution in [2.24, 2.45) is 0 Å². The van der Waals surface area contributed by atoms with Crippen molar-refractivity contribution >= 4 is 22.8 Å². The smallest absolute Gasteiger partial charge is 0.329 e. The van der Waals surface area contributed by atoms with Crippen molar-refractivity contribution in [2.75, 3.05) is 7.05 Å². The van der Waals surface area contributed by atoms with Crippen LogP contribution in [0.4, 0.5) is 0 Å². The molecule has 0 spiro atoms. The second-order valence-electron chi connectivity index (χ2n) is 6.14. The number of rotatable bonds is 4. The summed E-state index contributed by atoms with van der Waals surface area (Å²) in [5.41, 5.74) is 2.49. The average molecular weight is 303 g/mol. The van der Waals surface area contributed by atoms with Gasteiger partial charge < -0.3 is 14.4 Å². The summed E-state index contributed by atoms with van der Waals surface area (Å²) in [6.07, 6.45) is 1.69. The van der Waals surface area contributed by atoms with E-state index in [2.05, 4.69) is 0 Å². The zero-order valence-corrected chi connectivity index (χ0v) is 13.6. The van der Waals surface area contributed by atoms with Crippen LogP contribution in [0, 0.1) is 13.8 Å². The molecular weight excluding hydrogens is 282 g/mol. The van der Waals surface area contributed by atoms with E-state index in [1.165, 1.54) is 25.8 Å². The summed E-state index contributed by atoms with van der Waals surface area (Å²) < 4.78 is 5.59. The van der Waals surface area contributed by atoms with Gasteiger partial charge in [-0.2, -0.15) is 0 Å². The lowest BCUT2D eigenvalue weighted by Crippen LogP contribution is -2.51. The first-order valence-corrected chi connectivity index (χ1v) is 7.12. The Hall–Kier alpha value is -2.30. The number of amides is 1. The second kappa shape index (κ2) is 5.48. The third-order valence-electron chi connectivity index (χ3n) is 4.42. The molecule has 1 aromatic heterocycles. The summed E-state index contributed by atoms with van der Waals surface area (Å²) in [7, 11) is 1.51. The predicted molar refractivity (Wildman–Crippen MR) is 83.9 cm³/mol. The molecule has 118 valence electrons. The summed E-state index contributed by atoms with van der Waals surface area (Å²) in [5.74, 6) is -1.29. The fourth-order valence-corrected chi connectivity index (χ4v) is 2.26. The minimum Gasteiger partial charge on any atom is -0.480 e. The number of benzene rings is 1. The van der Waals surface area contributed by atoms with Gasteiger partial charge in [0, 0.05) is 18.0 Å². The van der Waals surface area contributed by atoms with E-state index in [-0.39, 0.29) is 12.3 Å². The molecule has 0 saturated heterocycles. The van der Waals surface area contributed by atoms with Crippen LogP contribution in [-0.4, -0.2) is 34.5 Å². The Morgan fingerprint density at radius 3 is 2.50 bits per heavy atom. The molecule has 5 nitrogen and oxygen atoms in total. The molecule has 2 aromatic rings. The molecule has 1 aromatic carbocycles. The largest absolute Gasteiger partial charge is 0.480 e. The third kappa shape index (κ3) is 2.58. The lowest BCUT2D eigenvalue weighted by atomic mass is 10.0. The number of aryl methyl sites for hydroxylation is 2. The number of hydrogen-bond donors (Lipinski definition) is 1. The Morgan fingerprint density at radius 2 is 1.91 bits per heavy atom. The molecule has 0 bridgehead atoms. The van der Waals surface area contributed by atoms with Crippen molar-refractivity contribution < 1.29 is 19.1 Å².